The second kappa shape index (κ2) is 2.97. The van der Waals surface area contributed by atoms with E-state index < -0.39 is 0 Å². The van der Waals surface area contributed by atoms with Gasteiger partial charge in [-0.1, -0.05) is 6.92 Å². The average molecular weight is 191 g/mol. The molecule has 0 aliphatic rings. The van der Waals surface area contributed by atoms with E-state index in [1.54, 1.807) is 0 Å². The zero-order valence-corrected chi connectivity index (χ0v) is 8.59. The van der Waals surface area contributed by atoms with Gasteiger partial charge in [0.2, 0.25) is 0 Å². The Labute approximate surface area is 81.6 Å². The molecule has 0 aliphatic heterocycles. The highest BCUT2D eigenvalue weighted by Gasteiger charge is 2.09. The lowest BCUT2D eigenvalue weighted by Crippen LogP contribution is -2.14. The molecule has 0 aromatic carbocycles. The first-order valence-corrected chi connectivity index (χ1v) is 4.71. The second-order valence-electron chi connectivity index (χ2n) is 3.46. The molecule has 2 aromatic heterocycles. The van der Waals surface area contributed by atoms with Crippen LogP contribution >= 0.6 is 0 Å². The Kier molecular flexibility index (Phi) is 1.91. The van der Waals surface area contributed by atoms with Gasteiger partial charge in [-0.3, -0.25) is 9.89 Å². The molecule has 0 radical (unpaired) electrons. The normalized spacial score (nSPS) is 11.1. The first-order chi connectivity index (χ1) is 6.63. The Morgan fingerprint density at radius 3 is 2.86 bits per heavy atom. The highest BCUT2D eigenvalue weighted by molar-refractivity contribution is 5.49. The molecule has 0 saturated carbocycles. The molecule has 0 unspecified atom stereocenters. The van der Waals surface area contributed by atoms with Crippen molar-refractivity contribution >= 4 is 5.65 Å². The largest absolute Gasteiger partial charge is 0.294 e. The van der Waals surface area contributed by atoms with Gasteiger partial charge in [-0.15, -0.1) is 0 Å². The van der Waals surface area contributed by atoms with Crippen LogP contribution in [-0.4, -0.2) is 14.6 Å². The van der Waals surface area contributed by atoms with Crippen molar-refractivity contribution in [2.45, 2.75) is 27.2 Å². The number of aromatic nitrogens is 3. The Balaban J connectivity index is 2.95. The topological polar surface area (TPSA) is 50.2 Å². The minimum Gasteiger partial charge on any atom is -0.294 e. The minimum atomic E-state index is -0.0460. The summed E-state index contributed by atoms with van der Waals surface area (Å²) in [7, 11) is 0. The van der Waals surface area contributed by atoms with Crippen LogP contribution in [0.4, 0.5) is 0 Å². The predicted octanol–water partition coefficient (Wildman–Crippen LogP) is 1.20. The van der Waals surface area contributed by atoms with Crippen molar-refractivity contribution in [3.05, 3.63) is 33.4 Å². The van der Waals surface area contributed by atoms with Crippen LogP contribution in [0.15, 0.2) is 10.9 Å². The molecule has 0 atom stereocenters. The number of hydrogen-bond donors (Lipinski definition) is 1. The smallest absolute Gasteiger partial charge is 0.272 e. The van der Waals surface area contributed by atoms with Crippen molar-refractivity contribution in [1.29, 1.82) is 0 Å². The number of nitrogens with zero attached hydrogens (tertiary/aromatic N) is 2. The molecule has 0 saturated heterocycles. The maximum Gasteiger partial charge on any atom is 0.272 e. The van der Waals surface area contributed by atoms with Crippen LogP contribution in [0.1, 0.15) is 23.9 Å². The van der Waals surface area contributed by atoms with Gasteiger partial charge in [0.25, 0.3) is 5.56 Å². The lowest BCUT2D eigenvalue weighted by molar-refractivity contribution is 0.873. The van der Waals surface area contributed by atoms with E-state index in [9.17, 15) is 4.79 Å². The van der Waals surface area contributed by atoms with Crippen molar-refractivity contribution in [2.24, 2.45) is 0 Å². The van der Waals surface area contributed by atoms with Gasteiger partial charge >= 0.3 is 0 Å². The molecule has 2 heterocycles. The molecule has 74 valence electrons. The number of H-pyrrole nitrogens is 1. The zero-order valence-electron chi connectivity index (χ0n) is 8.59. The fourth-order valence-electron chi connectivity index (χ4n) is 1.73. The minimum absolute atomic E-state index is 0.0460. The SMILES string of the molecule is CCc1c(C)[nH]n2c(=O)cc(C)nc12. The maximum absolute atomic E-state index is 11.6. The van der Waals surface area contributed by atoms with E-state index in [4.69, 9.17) is 0 Å². The summed E-state index contributed by atoms with van der Waals surface area (Å²) in [6.45, 7) is 5.86. The molecule has 0 bridgehead atoms. The number of rotatable bonds is 1. The lowest BCUT2D eigenvalue weighted by atomic mass is 10.2. The molecule has 2 rings (SSSR count). The number of nitrogens with one attached hydrogen (secondary N) is 1. The maximum atomic E-state index is 11.6. The number of fused-ring (bicyclic) bond motifs is 1. The van der Waals surface area contributed by atoms with Gasteiger partial charge < -0.3 is 0 Å². The van der Waals surface area contributed by atoms with Crippen LogP contribution < -0.4 is 5.56 Å². The van der Waals surface area contributed by atoms with E-state index in [0.717, 1.165) is 29.0 Å². The highest BCUT2D eigenvalue weighted by atomic mass is 16.1. The molecule has 2 aromatic rings. The van der Waals surface area contributed by atoms with Crippen LogP contribution in [0.25, 0.3) is 5.65 Å². The third kappa shape index (κ3) is 1.14. The van der Waals surface area contributed by atoms with Gasteiger partial charge in [-0.2, -0.15) is 0 Å². The monoisotopic (exact) mass is 191 g/mol. The van der Waals surface area contributed by atoms with Crippen molar-refractivity contribution in [3.8, 4) is 0 Å². The standard InChI is InChI=1S/C10H13N3O/c1-4-8-7(3)12-13-9(14)5-6(2)11-10(8)13/h5,12H,4H2,1-3H3. The molecule has 14 heavy (non-hydrogen) atoms. The zero-order chi connectivity index (χ0) is 10.3. The van der Waals surface area contributed by atoms with Crippen LogP contribution in [-0.2, 0) is 6.42 Å². The van der Waals surface area contributed by atoms with E-state index in [-0.39, 0.29) is 5.56 Å². The summed E-state index contributed by atoms with van der Waals surface area (Å²) in [5.41, 5.74) is 3.61. The van der Waals surface area contributed by atoms with Crippen molar-refractivity contribution in [1.82, 2.24) is 14.6 Å². The Bertz CT molecular complexity index is 536. The number of aromatic amines is 1. The van der Waals surface area contributed by atoms with Crippen molar-refractivity contribution < 1.29 is 0 Å². The summed E-state index contributed by atoms with van der Waals surface area (Å²) >= 11 is 0. The summed E-state index contributed by atoms with van der Waals surface area (Å²) in [6, 6.07) is 1.53. The first-order valence-electron chi connectivity index (χ1n) is 4.71. The molecule has 4 nitrogen and oxygen atoms in total. The van der Waals surface area contributed by atoms with E-state index >= 15 is 0 Å². The summed E-state index contributed by atoms with van der Waals surface area (Å²) in [5.74, 6) is 0. The highest BCUT2D eigenvalue weighted by Crippen LogP contribution is 2.12. The Morgan fingerprint density at radius 2 is 2.21 bits per heavy atom. The van der Waals surface area contributed by atoms with E-state index in [1.807, 2.05) is 13.8 Å². The fourth-order valence-corrected chi connectivity index (χ4v) is 1.73. The summed E-state index contributed by atoms with van der Waals surface area (Å²) in [6.07, 6.45) is 0.884. The molecule has 0 spiro atoms. The van der Waals surface area contributed by atoms with Crippen LogP contribution in [0.5, 0.6) is 0 Å². The Morgan fingerprint density at radius 1 is 1.50 bits per heavy atom. The van der Waals surface area contributed by atoms with Crippen LogP contribution in [0.3, 0.4) is 0 Å². The summed E-state index contributed by atoms with van der Waals surface area (Å²) in [5, 5.41) is 3.02. The molecular weight excluding hydrogens is 178 g/mol. The van der Waals surface area contributed by atoms with E-state index in [2.05, 4.69) is 17.0 Å². The van der Waals surface area contributed by atoms with Gasteiger partial charge in [0, 0.05) is 23.0 Å². The van der Waals surface area contributed by atoms with E-state index in [1.165, 1.54) is 10.6 Å². The molecule has 0 amide bonds. The van der Waals surface area contributed by atoms with Crippen LogP contribution in [0.2, 0.25) is 0 Å². The Hall–Kier alpha value is -1.58. The van der Waals surface area contributed by atoms with Gasteiger partial charge in [0.1, 0.15) is 0 Å². The number of hydrogen-bond acceptors (Lipinski definition) is 2. The molecule has 0 aliphatic carbocycles. The quantitative estimate of drug-likeness (QED) is 0.736. The van der Waals surface area contributed by atoms with Gasteiger partial charge in [-0.05, 0) is 20.3 Å². The lowest BCUT2D eigenvalue weighted by Gasteiger charge is -1.95. The predicted molar refractivity (Wildman–Crippen MR) is 54.7 cm³/mol. The summed E-state index contributed by atoms with van der Waals surface area (Å²) in [4.78, 5) is 15.9. The molecule has 4 heteroatoms. The molecule has 0 fully saturated rings. The van der Waals surface area contributed by atoms with Crippen molar-refractivity contribution in [3.63, 3.8) is 0 Å². The first kappa shape index (κ1) is 8.99. The van der Waals surface area contributed by atoms with Gasteiger partial charge in [-0.25, -0.2) is 9.50 Å². The van der Waals surface area contributed by atoms with Crippen LogP contribution in [0, 0.1) is 13.8 Å². The molecule has 1 N–H and O–H groups in total. The second-order valence-corrected chi connectivity index (χ2v) is 3.46. The summed E-state index contributed by atoms with van der Waals surface area (Å²) < 4.78 is 1.50. The molecular formula is C10H13N3O. The number of aryl methyl sites for hydroxylation is 3. The van der Waals surface area contributed by atoms with E-state index in [0.29, 0.717) is 0 Å². The third-order valence-corrected chi connectivity index (χ3v) is 2.40. The van der Waals surface area contributed by atoms with Gasteiger partial charge in [0.05, 0.1) is 0 Å². The average Bonchev–Trinajstić information content (AvgIpc) is 2.41. The van der Waals surface area contributed by atoms with Crippen molar-refractivity contribution in [2.75, 3.05) is 0 Å². The third-order valence-electron chi connectivity index (χ3n) is 2.40. The fraction of sp³-hybridized carbons (Fsp3) is 0.400. The van der Waals surface area contributed by atoms with Gasteiger partial charge in [0.15, 0.2) is 5.65 Å².